The van der Waals surface area contributed by atoms with Crippen LogP contribution in [0.25, 0.3) is 0 Å². The highest BCUT2D eigenvalue weighted by atomic mass is 16.5. The van der Waals surface area contributed by atoms with Gasteiger partial charge in [-0.3, -0.25) is 9.69 Å². The highest BCUT2D eigenvalue weighted by molar-refractivity contribution is 5.76. The van der Waals surface area contributed by atoms with Crippen molar-refractivity contribution in [1.29, 1.82) is 0 Å². The standard InChI is InChI=1S/C24H38N2O4/c1-14(2)9-17-13-26-8-7-16-10-21(28-5)22(29-6)11-18(16)19(26)12-20(17)30-24(27)23(25)15(3)4/h10-11,14-15,17,19-20,23H,7-9,12-13,25H2,1-6H3/t17-,19-,20+,23+/m1/s1/i1D3,9D2,14D/t14?,17-,19-,20+,23+. The Hall–Kier alpha value is -1.79. The fourth-order valence-corrected chi connectivity index (χ4v) is 4.38. The van der Waals surface area contributed by atoms with Crippen molar-refractivity contribution >= 4 is 5.97 Å². The molecule has 1 fully saturated rings. The smallest absolute Gasteiger partial charge is 0.323 e. The summed E-state index contributed by atoms with van der Waals surface area (Å²) >= 11 is 0. The van der Waals surface area contributed by atoms with Crippen LogP contribution in [0.5, 0.6) is 11.5 Å². The molecule has 5 atom stereocenters. The number of esters is 1. The number of rotatable bonds is 7. The van der Waals surface area contributed by atoms with Gasteiger partial charge in [-0.2, -0.15) is 0 Å². The SMILES string of the molecule is [2H]C([2H])([2H])C([2H])(C)C([2H])([2H])[C@@H]1CN2CCc3cc(OC)c(OC)cc3[C@H]2C[C@@H]1OC(=O)[C@@H](N)C(C)C. The highest BCUT2D eigenvalue weighted by Gasteiger charge is 2.41. The number of piperidine rings is 1. The molecule has 3 rings (SSSR count). The van der Waals surface area contributed by atoms with Gasteiger partial charge < -0.3 is 19.9 Å². The van der Waals surface area contributed by atoms with E-state index in [1.54, 1.807) is 28.1 Å². The van der Waals surface area contributed by atoms with E-state index in [1.807, 2.05) is 12.1 Å². The minimum Gasteiger partial charge on any atom is -0.493 e. The zero-order chi connectivity index (χ0) is 27.2. The van der Waals surface area contributed by atoms with Crippen molar-refractivity contribution < 1.29 is 27.2 Å². The second kappa shape index (κ2) is 9.56. The third kappa shape index (κ3) is 4.75. The second-order valence-corrected chi connectivity index (χ2v) is 8.52. The number of carbonyl (C=O) groups excluding carboxylic acids is 1. The molecule has 1 aromatic carbocycles. The molecule has 0 saturated carbocycles. The number of carbonyl (C=O) groups is 1. The van der Waals surface area contributed by atoms with Gasteiger partial charge in [0.25, 0.3) is 0 Å². The summed E-state index contributed by atoms with van der Waals surface area (Å²) < 4.78 is 66.5. The van der Waals surface area contributed by atoms with E-state index in [0.717, 1.165) is 18.1 Å². The number of nitrogens with zero attached hydrogens (tertiary/aromatic N) is 1. The zero-order valence-corrected chi connectivity index (χ0v) is 18.5. The Balaban J connectivity index is 2.04. The third-order valence-electron chi connectivity index (χ3n) is 6.11. The van der Waals surface area contributed by atoms with Gasteiger partial charge >= 0.3 is 5.97 Å². The van der Waals surface area contributed by atoms with Crippen molar-refractivity contribution in [3.05, 3.63) is 23.3 Å². The van der Waals surface area contributed by atoms with Gasteiger partial charge in [-0.15, -0.1) is 0 Å². The molecule has 0 bridgehead atoms. The lowest BCUT2D eigenvalue weighted by atomic mass is 9.79. The third-order valence-corrected chi connectivity index (χ3v) is 6.11. The van der Waals surface area contributed by atoms with Crippen LogP contribution in [0.3, 0.4) is 0 Å². The Morgan fingerprint density at radius 2 is 2.03 bits per heavy atom. The first kappa shape index (κ1) is 15.9. The summed E-state index contributed by atoms with van der Waals surface area (Å²) in [5.74, 6) is -3.14. The zero-order valence-electron chi connectivity index (χ0n) is 24.5. The van der Waals surface area contributed by atoms with E-state index in [4.69, 9.17) is 28.2 Å². The van der Waals surface area contributed by atoms with Crippen LogP contribution in [-0.2, 0) is 16.0 Å². The van der Waals surface area contributed by atoms with E-state index in [-0.39, 0.29) is 24.9 Å². The lowest BCUT2D eigenvalue weighted by Crippen LogP contribution is -2.51. The summed E-state index contributed by atoms with van der Waals surface area (Å²) in [5, 5.41) is 0. The van der Waals surface area contributed by atoms with Gasteiger partial charge in [-0.1, -0.05) is 27.6 Å². The predicted octanol–water partition coefficient (Wildman–Crippen LogP) is 3.56. The normalized spacial score (nSPS) is 30.7. The van der Waals surface area contributed by atoms with Gasteiger partial charge in [0.1, 0.15) is 12.1 Å². The molecule has 0 radical (unpaired) electrons. The molecule has 1 aromatic rings. The van der Waals surface area contributed by atoms with E-state index >= 15 is 0 Å². The molecular formula is C24H38N2O4. The van der Waals surface area contributed by atoms with Gasteiger partial charge in [-0.05, 0) is 47.9 Å². The van der Waals surface area contributed by atoms with Crippen LogP contribution in [-0.4, -0.2) is 50.3 Å². The summed E-state index contributed by atoms with van der Waals surface area (Å²) in [7, 11) is 3.13. The fourth-order valence-electron chi connectivity index (χ4n) is 4.38. The van der Waals surface area contributed by atoms with Gasteiger partial charge in [0, 0.05) is 39.7 Å². The molecule has 2 N–H and O–H groups in total. The Labute approximate surface area is 189 Å². The monoisotopic (exact) mass is 424 g/mol. The molecule has 6 heteroatoms. The van der Waals surface area contributed by atoms with Crippen LogP contribution in [0.1, 0.15) is 65.8 Å². The molecule has 0 spiro atoms. The average molecular weight is 425 g/mol. The summed E-state index contributed by atoms with van der Waals surface area (Å²) in [5.41, 5.74) is 8.06. The van der Waals surface area contributed by atoms with Crippen molar-refractivity contribution in [3.8, 4) is 11.5 Å². The Bertz CT molecular complexity index is 969. The van der Waals surface area contributed by atoms with Crippen molar-refractivity contribution in [2.75, 3.05) is 27.3 Å². The molecule has 1 saturated heterocycles. The molecule has 2 aliphatic heterocycles. The van der Waals surface area contributed by atoms with E-state index < -0.39 is 43.2 Å². The van der Waals surface area contributed by atoms with Gasteiger partial charge in [0.15, 0.2) is 11.5 Å². The summed E-state index contributed by atoms with van der Waals surface area (Å²) in [4.78, 5) is 15.0. The van der Waals surface area contributed by atoms with E-state index in [0.29, 0.717) is 24.5 Å². The van der Waals surface area contributed by atoms with E-state index in [9.17, 15) is 4.79 Å². The van der Waals surface area contributed by atoms with Crippen LogP contribution in [0.2, 0.25) is 0 Å². The Morgan fingerprint density at radius 1 is 1.33 bits per heavy atom. The maximum atomic E-state index is 12.9. The summed E-state index contributed by atoms with van der Waals surface area (Å²) in [6, 6.07) is 2.72. The average Bonchev–Trinajstić information content (AvgIpc) is 2.80. The molecule has 30 heavy (non-hydrogen) atoms. The molecule has 1 unspecified atom stereocenters. The van der Waals surface area contributed by atoms with Gasteiger partial charge in [-0.25, -0.2) is 0 Å². The maximum absolute atomic E-state index is 12.9. The topological polar surface area (TPSA) is 74.0 Å². The Morgan fingerprint density at radius 3 is 2.67 bits per heavy atom. The number of fused-ring (bicyclic) bond motifs is 3. The molecule has 0 aliphatic carbocycles. The van der Waals surface area contributed by atoms with Crippen LogP contribution in [0, 0.1) is 17.7 Å². The summed E-state index contributed by atoms with van der Waals surface area (Å²) in [6.45, 7) is 2.52. The molecule has 0 amide bonds. The first-order valence-electron chi connectivity index (χ1n) is 13.5. The maximum Gasteiger partial charge on any atom is 0.323 e. The largest absolute Gasteiger partial charge is 0.493 e. The van der Waals surface area contributed by atoms with Crippen LogP contribution in [0.4, 0.5) is 0 Å². The highest BCUT2D eigenvalue weighted by Crippen LogP contribution is 2.44. The fraction of sp³-hybridized carbons (Fsp3) is 0.708. The molecular weight excluding hydrogens is 380 g/mol. The van der Waals surface area contributed by atoms with Crippen LogP contribution < -0.4 is 15.2 Å². The second-order valence-electron chi connectivity index (χ2n) is 8.52. The van der Waals surface area contributed by atoms with Crippen LogP contribution in [0.15, 0.2) is 12.1 Å². The van der Waals surface area contributed by atoms with Gasteiger partial charge in [0.2, 0.25) is 0 Å². The Kier molecular flexibility index (Phi) is 5.08. The molecule has 0 aromatic heterocycles. The summed E-state index contributed by atoms with van der Waals surface area (Å²) in [6.07, 6.45) is -2.54. The minimum absolute atomic E-state index is 0.130. The van der Waals surface area contributed by atoms with E-state index in [1.165, 1.54) is 0 Å². The van der Waals surface area contributed by atoms with E-state index in [2.05, 4.69) is 4.90 Å². The number of hydrogen-bond donors (Lipinski definition) is 1. The number of ether oxygens (including phenoxy) is 3. The van der Waals surface area contributed by atoms with Crippen LogP contribution >= 0.6 is 0 Å². The molecule has 168 valence electrons. The molecule has 2 aliphatic rings. The predicted molar refractivity (Wildman–Crippen MR) is 118 cm³/mol. The first-order chi connectivity index (χ1) is 16.6. The minimum atomic E-state index is -2.88. The van der Waals surface area contributed by atoms with Crippen molar-refractivity contribution in [3.63, 3.8) is 0 Å². The molecule has 6 nitrogen and oxygen atoms in total. The number of benzene rings is 1. The molecule has 2 heterocycles. The van der Waals surface area contributed by atoms with Crippen molar-refractivity contribution in [2.45, 2.75) is 65.0 Å². The quantitative estimate of drug-likeness (QED) is 0.675. The van der Waals surface area contributed by atoms with Gasteiger partial charge in [0.05, 0.1) is 14.2 Å². The number of methoxy groups -OCH3 is 2. The van der Waals surface area contributed by atoms with Crippen molar-refractivity contribution in [1.82, 2.24) is 4.90 Å². The number of nitrogens with two attached hydrogens (primary N) is 1. The first-order valence-corrected chi connectivity index (χ1v) is 10.5. The number of hydrogen-bond acceptors (Lipinski definition) is 6. The van der Waals surface area contributed by atoms with Crippen molar-refractivity contribution in [2.24, 2.45) is 23.5 Å². The lowest BCUT2D eigenvalue weighted by molar-refractivity contribution is -0.160. The lowest BCUT2D eigenvalue weighted by Gasteiger charge is -2.47.